The molecule has 0 radical (unpaired) electrons. The topological polar surface area (TPSA) is 62.2 Å². The van der Waals surface area contributed by atoms with Crippen molar-refractivity contribution in [3.63, 3.8) is 0 Å². The maximum atomic E-state index is 14.5. The molecule has 1 aliphatic heterocycles. The number of hydrogen-bond acceptors (Lipinski definition) is 3. The molecule has 1 fully saturated rings. The molecule has 1 heterocycles. The number of carbonyl (C=O) groups excluding carboxylic acids is 2. The molecule has 1 aliphatic rings. The van der Waals surface area contributed by atoms with Gasteiger partial charge in [0.25, 0.3) is 5.91 Å². The third kappa shape index (κ3) is 5.62. The number of halogens is 1. The number of ether oxygens (including phenoxy) is 1. The third-order valence-electron chi connectivity index (χ3n) is 6.36. The van der Waals surface area contributed by atoms with Gasteiger partial charge in [-0.2, -0.15) is 4.99 Å². The summed E-state index contributed by atoms with van der Waals surface area (Å²) in [5.41, 5.74) is 2.91. The fourth-order valence-electron chi connectivity index (χ4n) is 4.49. The highest BCUT2D eigenvalue weighted by Crippen LogP contribution is 2.39. The molecular weight excluding hydrogens is 493 g/mol. The quantitative estimate of drug-likeness (QED) is 0.295. The van der Waals surface area contributed by atoms with Gasteiger partial charge in [0.05, 0.1) is 17.3 Å². The number of benzene rings is 4. The van der Waals surface area contributed by atoms with Gasteiger partial charge in [-0.1, -0.05) is 103 Å². The van der Waals surface area contributed by atoms with E-state index in [4.69, 9.17) is 4.74 Å². The monoisotopic (exact) mass is 519 g/mol. The molecule has 0 aromatic heterocycles. The highest BCUT2D eigenvalue weighted by atomic mass is 19.1. The molecule has 4 aromatic carbocycles. The lowest BCUT2D eigenvalue weighted by Gasteiger charge is -2.20. The van der Waals surface area contributed by atoms with Crippen LogP contribution in [-0.2, 0) is 11.3 Å². The van der Waals surface area contributed by atoms with Crippen molar-refractivity contribution in [1.29, 1.82) is 0 Å². The van der Waals surface area contributed by atoms with Crippen LogP contribution < -0.4 is 0 Å². The molecule has 194 valence electrons. The van der Waals surface area contributed by atoms with Crippen LogP contribution in [0, 0.1) is 5.82 Å². The summed E-state index contributed by atoms with van der Waals surface area (Å²) < 4.78 is 20.2. The summed E-state index contributed by atoms with van der Waals surface area (Å²) in [6, 6.07) is 33.6. The standard InChI is InChI=1S/C32H26FN3O3/c1-35-29(25-17-9-4-10-18-25)28(21-23-13-5-2-6-14-23)36(32(38)39-22-24-15-7-3-8-16-24)31(35)34-30(37)26-19-11-12-20-27(26)33/h2-21,29H,22H2,1H3/b28-21-,34-31-. The van der Waals surface area contributed by atoms with Crippen molar-refractivity contribution in [3.8, 4) is 0 Å². The van der Waals surface area contributed by atoms with E-state index in [0.29, 0.717) is 5.70 Å². The Morgan fingerprint density at radius 3 is 2.10 bits per heavy atom. The highest BCUT2D eigenvalue weighted by Gasteiger charge is 2.44. The Hall–Kier alpha value is -5.04. The minimum atomic E-state index is -0.802. The Kier molecular flexibility index (Phi) is 7.59. The molecule has 0 saturated carbocycles. The van der Waals surface area contributed by atoms with E-state index in [0.717, 1.165) is 16.7 Å². The van der Waals surface area contributed by atoms with Gasteiger partial charge in [0.2, 0.25) is 5.96 Å². The summed E-state index contributed by atoms with van der Waals surface area (Å²) in [6.07, 6.45) is 1.17. The van der Waals surface area contributed by atoms with Crippen LogP contribution in [0.15, 0.2) is 126 Å². The first kappa shape index (κ1) is 25.6. The lowest BCUT2D eigenvalue weighted by atomic mass is 10.0. The number of hydrogen-bond donors (Lipinski definition) is 0. The smallest absolute Gasteiger partial charge is 0.421 e. The molecule has 1 atom stereocenters. The zero-order chi connectivity index (χ0) is 27.2. The Morgan fingerprint density at radius 1 is 0.846 bits per heavy atom. The first-order valence-corrected chi connectivity index (χ1v) is 12.5. The first-order valence-electron chi connectivity index (χ1n) is 12.5. The van der Waals surface area contributed by atoms with E-state index in [1.54, 1.807) is 18.0 Å². The molecule has 6 nitrogen and oxygen atoms in total. The Labute approximate surface area is 226 Å². The fraction of sp³-hybridized carbons (Fsp3) is 0.0938. The summed E-state index contributed by atoms with van der Waals surface area (Å²) in [4.78, 5) is 34.2. The molecule has 39 heavy (non-hydrogen) atoms. The summed E-state index contributed by atoms with van der Waals surface area (Å²) in [7, 11) is 1.74. The Morgan fingerprint density at radius 2 is 1.44 bits per heavy atom. The largest absolute Gasteiger partial charge is 0.444 e. The number of carbonyl (C=O) groups is 2. The Balaban J connectivity index is 1.62. The van der Waals surface area contributed by atoms with Crippen LogP contribution in [0.4, 0.5) is 9.18 Å². The normalized spacial score (nSPS) is 17.0. The van der Waals surface area contributed by atoms with Crippen molar-refractivity contribution >= 4 is 24.0 Å². The second kappa shape index (κ2) is 11.6. The first-order chi connectivity index (χ1) is 19.0. The number of nitrogens with zero attached hydrogens (tertiary/aromatic N) is 3. The molecule has 7 heteroatoms. The van der Waals surface area contributed by atoms with Gasteiger partial charge < -0.3 is 9.64 Å². The predicted octanol–water partition coefficient (Wildman–Crippen LogP) is 6.69. The van der Waals surface area contributed by atoms with E-state index in [2.05, 4.69) is 4.99 Å². The number of likely N-dealkylation sites (N-methyl/N-ethyl adjacent to an activating group) is 1. The molecule has 0 spiro atoms. The third-order valence-corrected chi connectivity index (χ3v) is 6.36. The van der Waals surface area contributed by atoms with E-state index in [1.165, 1.54) is 23.1 Å². The summed E-state index contributed by atoms with van der Waals surface area (Å²) >= 11 is 0. The van der Waals surface area contributed by atoms with Gasteiger partial charge in [-0.05, 0) is 34.9 Å². The van der Waals surface area contributed by atoms with E-state index >= 15 is 0 Å². The fourth-order valence-corrected chi connectivity index (χ4v) is 4.49. The van der Waals surface area contributed by atoms with Crippen molar-refractivity contribution in [2.45, 2.75) is 12.6 Å². The molecule has 5 rings (SSSR count). The van der Waals surface area contributed by atoms with Gasteiger partial charge in [0.15, 0.2) is 0 Å². The van der Waals surface area contributed by atoms with Gasteiger partial charge in [-0.25, -0.2) is 14.1 Å². The minimum absolute atomic E-state index is 0.0308. The number of aliphatic imine (C=N–C) groups is 1. The lowest BCUT2D eigenvalue weighted by molar-refractivity contribution is 0.0995. The van der Waals surface area contributed by atoms with E-state index in [9.17, 15) is 14.0 Å². The van der Waals surface area contributed by atoms with Crippen LogP contribution in [0.25, 0.3) is 6.08 Å². The molecule has 0 N–H and O–H groups in total. The molecular formula is C32H26FN3O3. The number of rotatable bonds is 5. The predicted molar refractivity (Wildman–Crippen MR) is 148 cm³/mol. The van der Waals surface area contributed by atoms with Crippen molar-refractivity contribution < 1.29 is 18.7 Å². The lowest BCUT2D eigenvalue weighted by Crippen LogP contribution is -2.37. The SMILES string of the molecule is CN1/C(=N/C(=O)c2ccccc2F)N(C(=O)OCc2ccccc2)/C(=C\c2ccccc2)C1c1ccccc1. The molecule has 0 aliphatic carbocycles. The molecule has 1 unspecified atom stereocenters. The second-order valence-corrected chi connectivity index (χ2v) is 8.98. The average Bonchev–Trinajstić information content (AvgIpc) is 3.23. The van der Waals surface area contributed by atoms with Gasteiger partial charge in [0, 0.05) is 7.05 Å². The average molecular weight is 520 g/mol. The maximum absolute atomic E-state index is 14.5. The van der Waals surface area contributed by atoms with E-state index in [1.807, 2.05) is 97.1 Å². The molecule has 2 amide bonds. The van der Waals surface area contributed by atoms with Crippen molar-refractivity contribution in [3.05, 3.63) is 149 Å². The summed E-state index contributed by atoms with van der Waals surface area (Å²) in [5.74, 6) is -1.45. The van der Waals surface area contributed by atoms with E-state index in [-0.39, 0.29) is 18.1 Å². The van der Waals surface area contributed by atoms with Crippen LogP contribution in [0.5, 0.6) is 0 Å². The zero-order valence-corrected chi connectivity index (χ0v) is 21.3. The van der Waals surface area contributed by atoms with Crippen molar-refractivity contribution in [1.82, 2.24) is 9.80 Å². The van der Waals surface area contributed by atoms with Crippen LogP contribution in [0.3, 0.4) is 0 Å². The van der Waals surface area contributed by atoms with Gasteiger partial charge in [0.1, 0.15) is 12.4 Å². The van der Waals surface area contributed by atoms with Crippen LogP contribution in [0.2, 0.25) is 0 Å². The van der Waals surface area contributed by atoms with Crippen LogP contribution >= 0.6 is 0 Å². The molecule has 4 aromatic rings. The zero-order valence-electron chi connectivity index (χ0n) is 21.3. The Bertz CT molecular complexity index is 1520. The van der Waals surface area contributed by atoms with Gasteiger partial charge >= 0.3 is 6.09 Å². The van der Waals surface area contributed by atoms with E-state index < -0.39 is 23.9 Å². The van der Waals surface area contributed by atoms with Gasteiger partial charge in [-0.15, -0.1) is 0 Å². The van der Waals surface area contributed by atoms with Crippen LogP contribution in [-0.4, -0.2) is 34.8 Å². The molecule has 0 bridgehead atoms. The summed E-state index contributed by atoms with van der Waals surface area (Å²) in [5, 5.41) is 0. The van der Waals surface area contributed by atoms with Crippen molar-refractivity contribution in [2.75, 3.05) is 7.05 Å². The summed E-state index contributed by atoms with van der Waals surface area (Å²) in [6.45, 7) is 0.0308. The van der Waals surface area contributed by atoms with Crippen molar-refractivity contribution in [2.24, 2.45) is 4.99 Å². The maximum Gasteiger partial charge on any atom is 0.421 e. The molecule has 1 saturated heterocycles. The van der Waals surface area contributed by atoms with Crippen LogP contribution in [0.1, 0.15) is 33.1 Å². The second-order valence-electron chi connectivity index (χ2n) is 8.98. The minimum Gasteiger partial charge on any atom is -0.444 e. The number of amides is 2. The van der Waals surface area contributed by atoms with Gasteiger partial charge in [-0.3, -0.25) is 4.79 Å². The number of guanidine groups is 1. The highest BCUT2D eigenvalue weighted by molar-refractivity contribution is 6.08.